The zero-order valence-corrected chi connectivity index (χ0v) is 15.7. The molecule has 6 heteroatoms. The van der Waals surface area contributed by atoms with E-state index in [1.807, 2.05) is 49.4 Å². The van der Waals surface area contributed by atoms with Gasteiger partial charge in [-0.2, -0.15) is 13.5 Å². The molecule has 0 unspecified atom stereocenters. The standard InChI is InChI=1S/C20H20N2O3S/c1-14-8-9-15(2)20(12-14)26(23,24)22-21-13-18-17-7-5-4-6-16(17)10-11-19(18)25-3/h4-13,22H,1-3H3/b21-13-. The zero-order valence-electron chi connectivity index (χ0n) is 14.9. The first-order valence-electron chi connectivity index (χ1n) is 8.10. The average Bonchev–Trinajstić information content (AvgIpc) is 2.63. The first-order valence-corrected chi connectivity index (χ1v) is 9.58. The summed E-state index contributed by atoms with van der Waals surface area (Å²) in [6.07, 6.45) is 1.48. The van der Waals surface area contributed by atoms with Crippen molar-refractivity contribution in [2.75, 3.05) is 7.11 Å². The molecule has 0 amide bonds. The van der Waals surface area contributed by atoms with Crippen LogP contribution in [0.3, 0.4) is 0 Å². The number of nitrogens with zero attached hydrogens (tertiary/aromatic N) is 1. The highest BCUT2D eigenvalue weighted by atomic mass is 32.2. The Kier molecular flexibility index (Phi) is 4.95. The zero-order chi connectivity index (χ0) is 18.7. The van der Waals surface area contributed by atoms with Crippen LogP contribution in [0.1, 0.15) is 16.7 Å². The molecule has 0 heterocycles. The number of sulfonamides is 1. The monoisotopic (exact) mass is 368 g/mol. The lowest BCUT2D eigenvalue weighted by Gasteiger charge is -2.10. The van der Waals surface area contributed by atoms with Crippen molar-refractivity contribution < 1.29 is 13.2 Å². The quantitative estimate of drug-likeness (QED) is 0.550. The Labute approximate surface area is 153 Å². The van der Waals surface area contributed by atoms with Crippen LogP contribution in [-0.4, -0.2) is 21.7 Å². The van der Waals surface area contributed by atoms with E-state index < -0.39 is 10.0 Å². The minimum atomic E-state index is -3.75. The molecule has 26 heavy (non-hydrogen) atoms. The number of ether oxygens (including phenoxy) is 1. The van der Waals surface area contributed by atoms with E-state index >= 15 is 0 Å². The summed E-state index contributed by atoms with van der Waals surface area (Å²) >= 11 is 0. The third kappa shape index (κ3) is 3.55. The van der Waals surface area contributed by atoms with Crippen molar-refractivity contribution in [3.63, 3.8) is 0 Å². The minimum absolute atomic E-state index is 0.222. The largest absolute Gasteiger partial charge is 0.496 e. The molecule has 0 aromatic heterocycles. The lowest BCUT2D eigenvalue weighted by molar-refractivity contribution is 0.415. The first kappa shape index (κ1) is 17.9. The molecule has 0 aliphatic rings. The predicted octanol–water partition coefficient (Wildman–Crippen LogP) is 3.78. The summed E-state index contributed by atoms with van der Waals surface area (Å²) in [6, 6.07) is 16.9. The number of methoxy groups -OCH3 is 1. The molecular weight excluding hydrogens is 348 g/mol. The Morgan fingerprint density at radius 1 is 1.04 bits per heavy atom. The minimum Gasteiger partial charge on any atom is -0.496 e. The number of hydrogen-bond donors (Lipinski definition) is 1. The summed E-state index contributed by atoms with van der Waals surface area (Å²) in [6.45, 7) is 3.61. The van der Waals surface area contributed by atoms with Crippen molar-refractivity contribution in [2.45, 2.75) is 18.7 Å². The molecule has 0 fully saturated rings. The molecular formula is C20H20N2O3S. The Bertz CT molecular complexity index is 1090. The van der Waals surface area contributed by atoms with Crippen molar-refractivity contribution in [1.29, 1.82) is 0 Å². The molecule has 0 spiro atoms. The number of rotatable bonds is 5. The van der Waals surface area contributed by atoms with Gasteiger partial charge in [-0.3, -0.25) is 0 Å². The van der Waals surface area contributed by atoms with Gasteiger partial charge in [-0.25, -0.2) is 4.83 Å². The van der Waals surface area contributed by atoms with Crippen LogP contribution in [0.15, 0.2) is 64.6 Å². The van der Waals surface area contributed by atoms with Crippen molar-refractivity contribution in [1.82, 2.24) is 4.83 Å². The second-order valence-electron chi connectivity index (χ2n) is 6.02. The van der Waals surface area contributed by atoms with Crippen LogP contribution in [0, 0.1) is 13.8 Å². The fourth-order valence-electron chi connectivity index (χ4n) is 2.79. The summed E-state index contributed by atoms with van der Waals surface area (Å²) in [4.78, 5) is 2.52. The topological polar surface area (TPSA) is 67.8 Å². The highest BCUT2D eigenvalue weighted by Crippen LogP contribution is 2.26. The van der Waals surface area contributed by atoms with E-state index in [2.05, 4.69) is 9.93 Å². The van der Waals surface area contributed by atoms with Gasteiger partial charge >= 0.3 is 0 Å². The van der Waals surface area contributed by atoms with Crippen LogP contribution < -0.4 is 9.57 Å². The van der Waals surface area contributed by atoms with Crippen LogP contribution in [0.5, 0.6) is 5.75 Å². The first-order chi connectivity index (χ1) is 12.4. The maximum Gasteiger partial charge on any atom is 0.276 e. The van der Waals surface area contributed by atoms with Gasteiger partial charge < -0.3 is 4.74 Å². The Hall–Kier alpha value is -2.86. The molecule has 0 atom stereocenters. The molecule has 0 bridgehead atoms. The van der Waals surface area contributed by atoms with Crippen molar-refractivity contribution in [3.05, 3.63) is 71.3 Å². The van der Waals surface area contributed by atoms with Crippen LogP contribution >= 0.6 is 0 Å². The highest BCUT2D eigenvalue weighted by Gasteiger charge is 2.16. The number of hydrogen-bond acceptors (Lipinski definition) is 4. The van der Waals surface area contributed by atoms with Gasteiger partial charge in [0.25, 0.3) is 10.0 Å². The van der Waals surface area contributed by atoms with Crippen molar-refractivity contribution in [2.24, 2.45) is 5.10 Å². The molecule has 3 rings (SSSR count). The molecule has 0 radical (unpaired) electrons. The Morgan fingerprint density at radius 2 is 1.81 bits per heavy atom. The normalized spacial score (nSPS) is 11.8. The van der Waals surface area contributed by atoms with Gasteiger partial charge in [0.2, 0.25) is 0 Å². The number of fused-ring (bicyclic) bond motifs is 1. The molecule has 5 nitrogen and oxygen atoms in total. The van der Waals surface area contributed by atoms with E-state index in [1.165, 1.54) is 6.21 Å². The third-order valence-electron chi connectivity index (χ3n) is 4.15. The van der Waals surface area contributed by atoms with Crippen LogP contribution in [0.25, 0.3) is 10.8 Å². The van der Waals surface area contributed by atoms with Gasteiger partial charge in [-0.1, -0.05) is 42.5 Å². The summed E-state index contributed by atoms with van der Waals surface area (Å²) in [5.41, 5.74) is 2.26. The lowest BCUT2D eigenvalue weighted by atomic mass is 10.0. The second-order valence-corrected chi connectivity index (χ2v) is 7.65. The van der Waals surface area contributed by atoms with Gasteiger partial charge in [0.05, 0.1) is 18.2 Å². The van der Waals surface area contributed by atoms with Crippen molar-refractivity contribution >= 4 is 27.0 Å². The summed E-state index contributed by atoms with van der Waals surface area (Å²) in [5, 5.41) is 5.93. The summed E-state index contributed by atoms with van der Waals surface area (Å²) in [7, 11) is -2.17. The predicted molar refractivity (Wildman–Crippen MR) is 104 cm³/mol. The molecule has 0 saturated heterocycles. The van der Waals surface area contributed by atoms with E-state index in [9.17, 15) is 8.42 Å². The van der Waals surface area contributed by atoms with Crippen LogP contribution in [0.4, 0.5) is 0 Å². The van der Waals surface area contributed by atoms with Crippen molar-refractivity contribution in [3.8, 4) is 5.75 Å². The highest BCUT2D eigenvalue weighted by molar-refractivity contribution is 7.89. The number of aryl methyl sites for hydroxylation is 2. The number of nitrogens with one attached hydrogen (secondary N) is 1. The molecule has 0 aliphatic carbocycles. The van der Waals surface area contributed by atoms with E-state index in [0.29, 0.717) is 16.9 Å². The number of hydrazone groups is 1. The third-order valence-corrected chi connectivity index (χ3v) is 5.51. The van der Waals surface area contributed by atoms with E-state index in [0.717, 1.165) is 16.3 Å². The second kappa shape index (κ2) is 7.17. The SMILES string of the molecule is COc1ccc2ccccc2c1/C=N\NS(=O)(=O)c1cc(C)ccc1C. The molecule has 0 saturated carbocycles. The van der Waals surface area contributed by atoms with Gasteiger partial charge in [0.15, 0.2) is 0 Å². The molecule has 134 valence electrons. The average molecular weight is 368 g/mol. The maximum atomic E-state index is 12.6. The van der Waals surface area contributed by atoms with Crippen LogP contribution in [0.2, 0.25) is 0 Å². The number of benzene rings is 3. The Morgan fingerprint density at radius 3 is 2.58 bits per heavy atom. The smallest absolute Gasteiger partial charge is 0.276 e. The summed E-state index contributed by atoms with van der Waals surface area (Å²) < 4.78 is 30.5. The molecule has 0 aliphatic heterocycles. The van der Waals surface area contributed by atoms with Gasteiger partial charge in [0, 0.05) is 5.56 Å². The fraction of sp³-hybridized carbons (Fsp3) is 0.150. The summed E-state index contributed by atoms with van der Waals surface area (Å²) in [5.74, 6) is 0.624. The van der Waals surface area contributed by atoms with E-state index in [4.69, 9.17) is 4.74 Å². The molecule has 1 N–H and O–H groups in total. The van der Waals surface area contributed by atoms with Gasteiger partial charge in [-0.05, 0) is 47.9 Å². The fourth-order valence-corrected chi connectivity index (χ4v) is 3.92. The van der Waals surface area contributed by atoms with Gasteiger partial charge in [0.1, 0.15) is 5.75 Å². The lowest BCUT2D eigenvalue weighted by Crippen LogP contribution is -2.19. The van der Waals surface area contributed by atoms with E-state index in [-0.39, 0.29) is 4.90 Å². The Balaban J connectivity index is 1.96. The molecule has 3 aromatic rings. The van der Waals surface area contributed by atoms with E-state index in [1.54, 1.807) is 26.2 Å². The maximum absolute atomic E-state index is 12.6. The van der Waals surface area contributed by atoms with Gasteiger partial charge in [-0.15, -0.1) is 0 Å². The van der Waals surface area contributed by atoms with Crippen LogP contribution in [-0.2, 0) is 10.0 Å². The molecule has 3 aromatic carbocycles.